The van der Waals surface area contributed by atoms with Crippen molar-refractivity contribution in [2.45, 2.75) is 242 Å². The lowest BCUT2D eigenvalue weighted by molar-refractivity contribution is -0.359. The molecule has 2 rings (SSSR count). The van der Waals surface area contributed by atoms with E-state index in [1.807, 2.05) is 6.08 Å². The van der Waals surface area contributed by atoms with Gasteiger partial charge in [-0.05, 0) is 70.6 Å². The van der Waals surface area contributed by atoms with Gasteiger partial charge in [-0.25, -0.2) is 0 Å². The zero-order valence-corrected chi connectivity index (χ0v) is 40.4. The van der Waals surface area contributed by atoms with Gasteiger partial charge in [-0.3, -0.25) is 4.79 Å². The number of hydrogen-bond donors (Lipinski definition) is 9. The molecular formula is C52H91NO13. The number of carbonyl (C=O) groups excluding carboxylic acids is 1. The Morgan fingerprint density at radius 3 is 1.62 bits per heavy atom. The minimum atomic E-state index is -1.79. The minimum absolute atomic E-state index is 0.256. The number of carbonyl (C=O) groups is 1. The Labute approximate surface area is 396 Å². The maximum atomic E-state index is 13.2. The minimum Gasteiger partial charge on any atom is -0.394 e. The van der Waals surface area contributed by atoms with E-state index in [0.29, 0.717) is 12.8 Å². The van der Waals surface area contributed by atoms with E-state index in [4.69, 9.17) is 18.9 Å². The van der Waals surface area contributed by atoms with E-state index >= 15 is 0 Å². The normalized spacial score (nSPS) is 27.3. The number of allylic oxidation sites excluding steroid dienone is 9. The van der Waals surface area contributed by atoms with Gasteiger partial charge in [0.1, 0.15) is 48.8 Å². The number of ether oxygens (including phenoxy) is 4. The maximum Gasteiger partial charge on any atom is 0.220 e. The molecule has 0 aromatic carbocycles. The van der Waals surface area contributed by atoms with Crippen LogP contribution in [0.25, 0.3) is 0 Å². The van der Waals surface area contributed by atoms with Crippen molar-refractivity contribution in [1.29, 1.82) is 0 Å². The van der Waals surface area contributed by atoms with Crippen LogP contribution in [0.15, 0.2) is 60.8 Å². The lowest BCUT2D eigenvalue weighted by atomic mass is 9.97. The van der Waals surface area contributed by atoms with Gasteiger partial charge in [-0.15, -0.1) is 0 Å². The monoisotopic (exact) mass is 938 g/mol. The number of hydrogen-bond acceptors (Lipinski definition) is 13. The van der Waals surface area contributed by atoms with E-state index < -0.39 is 86.8 Å². The van der Waals surface area contributed by atoms with Crippen molar-refractivity contribution in [1.82, 2.24) is 5.32 Å². The molecule has 0 aliphatic carbocycles. The van der Waals surface area contributed by atoms with Gasteiger partial charge in [-0.2, -0.15) is 0 Å². The average molecular weight is 938 g/mol. The fraction of sp³-hybridized carbons (Fsp3) is 0.788. The van der Waals surface area contributed by atoms with Gasteiger partial charge in [0.15, 0.2) is 12.6 Å². The van der Waals surface area contributed by atoms with E-state index in [1.165, 1.54) is 70.6 Å². The molecule has 14 heteroatoms. The van der Waals surface area contributed by atoms with Gasteiger partial charge >= 0.3 is 0 Å². The summed E-state index contributed by atoms with van der Waals surface area (Å²) in [5, 5.41) is 86.7. The molecule has 0 bridgehead atoms. The second kappa shape index (κ2) is 38.5. The van der Waals surface area contributed by atoms with Crippen LogP contribution in [0.5, 0.6) is 0 Å². The predicted molar refractivity (Wildman–Crippen MR) is 258 cm³/mol. The van der Waals surface area contributed by atoms with E-state index in [2.05, 4.69) is 67.8 Å². The van der Waals surface area contributed by atoms with E-state index in [0.717, 1.165) is 64.2 Å². The number of nitrogens with one attached hydrogen (secondary N) is 1. The highest BCUT2D eigenvalue weighted by molar-refractivity contribution is 5.76. The topological polar surface area (TPSA) is 228 Å². The number of rotatable bonds is 38. The Bertz CT molecular complexity index is 1340. The second-order valence-electron chi connectivity index (χ2n) is 17.9. The van der Waals surface area contributed by atoms with Crippen LogP contribution >= 0.6 is 0 Å². The summed E-state index contributed by atoms with van der Waals surface area (Å²) in [6.07, 6.45) is 29.7. The molecule has 66 heavy (non-hydrogen) atoms. The fourth-order valence-electron chi connectivity index (χ4n) is 7.96. The first-order valence-electron chi connectivity index (χ1n) is 25.5. The number of unbranched alkanes of at least 4 members (excludes halogenated alkanes) is 17. The third kappa shape index (κ3) is 25.3. The third-order valence-corrected chi connectivity index (χ3v) is 12.2. The number of aliphatic hydroxyl groups is 8. The molecule has 0 aromatic heterocycles. The van der Waals surface area contributed by atoms with Crippen LogP contribution in [0, 0.1) is 0 Å². The lowest BCUT2D eigenvalue weighted by Gasteiger charge is -2.46. The van der Waals surface area contributed by atoms with Crippen molar-refractivity contribution in [3.8, 4) is 0 Å². The molecule has 12 atom stereocenters. The zero-order chi connectivity index (χ0) is 48.2. The fourth-order valence-corrected chi connectivity index (χ4v) is 7.96. The molecule has 2 saturated heterocycles. The second-order valence-corrected chi connectivity index (χ2v) is 17.9. The van der Waals surface area contributed by atoms with Crippen LogP contribution in [-0.4, -0.2) is 140 Å². The van der Waals surface area contributed by atoms with Crippen molar-refractivity contribution in [2.75, 3.05) is 19.8 Å². The molecule has 9 N–H and O–H groups in total. The molecule has 2 aliphatic heterocycles. The average Bonchev–Trinajstić information content (AvgIpc) is 3.31. The maximum absolute atomic E-state index is 13.2. The molecule has 2 fully saturated rings. The highest BCUT2D eigenvalue weighted by Crippen LogP contribution is 2.30. The summed E-state index contributed by atoms with van der Waals surface area (Å²) in [7, 11) is 0. The molecule has 0 radical (unpaired) electrons. The Morgan fingerprint density at radius 1 is 0.545 bits per heavy atom. The first kappa shape index (κ1) is 59.8. The Hall–Kier alpha value is -2.31. The van der Waals surface area contributed by atoms with Crippen molar-refractivity contribution in [2.24, 2.45) is 0 Å². The van der Waals surface area contributed by atoms with Crippen LogP contribution in [0.1, 0.15) is 168 Å². The van der Waals surface area contributed by atoms with Gasteiger partial charge < -0.3 is 65.1 Å². The summed E-state index contributed by atoms with van der Waals surface area (Å²) < 4.78 is 22.7. The van der Waals surface area contributed by atoms with Crippen LogP contribution in [0.2, 0.25) is 0 Å². The molecule has 1 amide bonds. The van der Waals surface area contributed by atoms with Gasteiger partial charge in [0, 0.05) is 6.42 Å². The smallest absolute Gasteiger partial charge is 0.220 e. The standard InChI is InChI=1S/C52H91NO13/c1-3-5-7-9-11-13-15-17-18-19-20-21-22-24-26-28-30-32-34-36-44(57)53-40(41(56)35-33-31-29-27-25-23-16-14-12-10-8-6-4-2)39-63-51-49(62)47(60)50(43(38-55)65-51)66-52-48(61)46(59)45(58)42(37-54)64-52/h11,13,17-18,20-21,25,27,33,35,40-43,45-52,54-56,58-62H,3-10,12,14-16,19,22-24,26,28-32,34,36-39H2,1-2H3,(H,53,57)/b13-11-,18-17-,21-20-,27-25+,35-33+. The van der Waals surface area contributed by atoms with Crippen molar-refractivity contribution < 1.29 is 64.6 Å². The summed E-state index contributed by atoms with van der Waals surface area (Å²) in [4.78, 5) is 13.2. The van der Waals surface area contributed by atoms with E-state index in [-0.39, 0.29) is 18.9 Å². The predicted octanol–water partition coefficient (Wildman–Crippen LogP) is 6.66. The zero-order valence-electron chi connectivity index (χ0n) is 40.4. The molecule has 0 spiro atoms. The van der Waals surface area contributed by atoms with Crippen LogP contribution in [-0.2, 0) is 23.7 Å². The number of aliphatic hydroxyl groups excluding tert-OH is 8. The summed E-state index contributed by atoms with van der Waals surface area (Å²) in [5.74, 6) is -0.266. The molecule has 12 unspecified atom stereocenters. The number of amides is 1. The molecule has 382 valence electrons. The highest BCUT2D eigenvalue weighted by atomic mass is 16.7. The first-order chi connectivity index (χ1) is 32.1. The molecule has 14 nitrogen and oxygen atoms in total. The summed E-state index contributed by atoms with van der Waals surface area (Å²) >= 11 is 0. The lowest BCUT2D eigenvalue weighted by Crippen LogP contribution is -2.65. The highest BCUT2D eigenvalue weighted by Gasteiger charge is 2.51. The molecule has 2 aliphatic rings. The molecular weight excluding hydrogens is 847 g/mol. The SMILES string of the molecule is CCCCC/C=C\C/C=C\C/C=C\CCCCCCCCC(=O)NC(COC1OC(CO)C(OC2OC(CO)C(O)C(O)C2O)C(O)C1O)C(O)/C=C/CC/C=C/CCCCCCCCC. The largest absolute Gasteiger partial charge is 0.394 e. The van der Waals surface area contributed by atoms with Crippen molar-refractivity contribution >= 4 is 5.91 Å². The summed E-state index contributed by atoms with van der Waals surface area (Å²) in [6, 6.07) is -0.939. The molecule has 0 saturated carbocycles. The van der Waals surface area contributed by atoms with Crippen molar-refractivity contribution in [3.05, 3.63) is 60.8 Å². The third-order valence-electron chi connectivity index (χ3n) is 12.2. The van der Waals surface area contributed by atoms with Crippen molar-refractivity contribution in [3.63, 3.8) is 0 Å². The van der Waals surface area contributed by atoms with Crippen LogP contribution < -0.4 is 5.32 Å². The molecule has 2 heterocycles. The van der Waals surface area contributed by atoms with Gasteiger partial charge in [0.2, 0.25) is 5.91 Å². The Kier molecular flexibility index (Phi) is 34.9. The van der Waals surface area contributed by atoms with E-state index in [1.54, 1.807) is 6.08 Å². The van der Waals surface area contributed by atoms with Gasteiger partial charge in [-0.1, -0.05) is 152 Å². The summed E-state index contributed by atoms with van der Waals surface area (Å²) in [6.45, 7) is 2.70. The summed E-state index contributed by atoms with van der Waals surface area (Å²) in [5.41, 5.74) is 0. The van der Waals surface area contributed by atoms with E-state index in [9.17, 15) is 45.6 Å². The first-order valence-corrected chi connectivity index (χ1v) is 25.5. The quantitative estimate of drug-likeness (QED) is 0.0234. The van der Waals surface area contributed by atoms with Gasteiger partial charge in [0.25, 0.3) is 0 Å². The Balaban J connectivity index is 1.86. The molecule has 0 aromatic rings. The van der Waals surface area contributed by atoms with Gasteiger partial charge in [0.05, 0.1) is 32.0 Å². The Morgan fingerprint density at radius 2 is 1.02 bits per heavy atom. The van der Waals surface area contributed by atoms with Crippen LogP contribution in [0.3, 0.4) is 0 Å². The van der Waals surface area contributed by atoms with Crippen LogP contribution in [0.4, 0.5) is 0 Å².